The minimum atomic E-state index is -4.77. The van der Waals surface area contributed by atoms with Crippen LogP contribution in [0.3, 0.4) is 0 Å². The van der Waals surface area contributed by atoms with Gasteiger partial charge in [0.15, 0.2) is 6.29 Å². The van der Waals surface area contributed by atoms with Gasteiger partial charge in [0.05, 0.1) is 36.5 Å². The molecule has 0 aliphatic carbocycles. The van der Waals surface area contributed by atoms with Gasteiger partial charge in [-0.15, -0.1) is 0 Å². The molecule has 3 unspecified atom stereocenters. The van der Waals surface area contributed by atoms with E-state index in [1.807, 2.05) is 6.92 Å². The molecule has 60 heavy (non-hydrogen) atoms. The highest BCUT2D eigenvalue weighted by molar-refractivity contribution is 5.90. The molecule has 2 aromatic rings. The van der Waals surface area contributed by atoms with Gasteiger partial charge in [-0.05, 0) is 49.2 Å². The Hall–Kier alpha value is -4.78. The molecule has 0 saturated carbocycles. The van der Waals surface area contributed by atoms with E-state index < -0.39 is 110 Å². The quantitative estimate of drug-likeness (QED) is 0.0679. The Morgan fingerprint density at radius 3 is 1.93 bits per heavy atom. The predicted octanol–water partition coefficient (Wildman–Crippen LogP) is 2.17. The fourth-order valence-corrected chi connectivity index (χ4v) is 5.93. The monoisotopic (exact) mass is 868 g/mol. The molecule has 2 aromatic carbocycles. The van der Waals surface area contributed by atoms with Crippen molar-refractivity contribution in [1.29, 1.82) is 0 Å². The topological polar surface area (TPSA) is 260 Å². The summed E-state index contributed by atoms with van der Waals surface area (Å²) in [4.78, 5) is 51.2. The molecule has 11 N–H and O–H groups in total. The summed E-state index contributed by atoms with van der Waals surface area (Å²) in [5, 5.41) is 66.4. The molecular formula is C37H50F6N6O11. The number of carbonyl (C=O) groups is 4. The Kier molecular flexibility index (Phi) is 19.2. The molecule has 1 aliphatic heterocycles. The largest absolute Gasteiger partial charge is 0.416 e. The average Bonchev–Trinajstić information content (AvgIpc) is 3.19. The van der Waals surface area contributed by atoms with Crippen LogP contribution in [0.15, 0.2) is 48.5 Å². The van der Waals surface area contributed by atoms with E-state index >= 15 is 0 Å². The van der Waals surface area contributed by atoms with Gasteiger partial charge in [-0.3, -0.25) is 9.59 Å². The molecule has 1 aliphatic rings. The summed E-state index contributed by atoms with van der Waals surface area (Å²) in [6.07, 6.45) is -18.1. The first-order valence-corrected chi connectivity index (χ1v) is 18.9. The van der Waals surface area contributed by atoms with Gasteiger partial charge in [0.25, 0.3) is 0 Å². The van der Waals surface area contributed by atoms with E-state index in [1.54, 1.807) is 0 Å². The van der Waals surface area contributed by atoms with Crippen molar-refractivity contribution in [3.8, 4) is 0 Å². The Labute approximate surface area is 340 Å². The van der Waals surface area contributed by atoms with Gasteiger partial charge in [-0.2, -0.15) is 26.3 Å². The standard InChI is InChI=1S/C37H50F6N6O11/c1-2-3-4-12-27(53)44-14-7-13-28(54)48-29(24(52)18-50)25(17-45-34(57)46-22-10-5-8-20(15-22)36(38,39)40)59-33-30(32(56)31(55)26(19-51)60-33)49-35(58)47-23-11-6-9-21(16-23)37(41,42)43/h5-6,8-11,15-16,24-26,29-33,50-52,55-56H,2-4,7,12-14,17-19H2,1H3,(H,44,53)(H,48,54)(H2,45,46,57)(H2,47,49,58)/t24?,25-,26?,29+,30?,31-,32-,33-/m1/s1. The molecule has 1 saturated heterocycles. The van der Waals surface area contributed by atoms with Gasteiger partial charge in [0.1, 0.15) is 30.5 Å². The van der Waals surface area contributed by atoms with Crippen LogP contribution < -0.4 is 31.9 Å². The summed E-state index contributed by atoms with van der Waals surface area (Å²) in [7, 11) is 0. The number of aliphatic hydroxyl groups is 5. The third-order valence-corrected chi connectivity index (χ3v) is 9.09. The van der Waals surface area contributed by atoms with E-state index in [1.165, 1.54) is 0 Å². The number of rotatable bonds is 20. The highest BCUT2D eigenvalue weighted by Gasteiger charge is 2.48. The van der Waals surface area contributed by atoms with Crippen molar-refractivity contribution in [2.75, 3.05) is 36.9 Å². The van der Waals surface area contributed by atoms with Gasteiger partial charge in [0.2, 0.25) is 11.8 Å². The molecule has 23 heteroatoms. The van der Waals surface area contributed by atoms with Crippen LogP contribution in [-0.4, -0.2) is 125 Å². The van der Waals surface area contributed by atoms with Crippen LogP contribution >= 0.6 is 0 Å². The van der Waals surface area contributed by atoms with Crippen molar-refractivity contribution in [3.05, 3.63) is 59.7 Å². The molecule has 336 valence electrons. The second-order valence-electron chi connectivity index (χ2n) is 13.8. The lowest BCUT2D eigenvalue weighted by Gasteiger charge is -2.44. The maximum Gasteiger partial charge on any atom is 0.416 e. The lowest BCUT2D eigenvalue weighted by molar-refractivity contribution is -0.284. The highest BCUT2D eigenvalue weighted by atomic mass is 19.4. The highest BCUT2D eigenvalue weighted by Crippen LogP contribution is 2.32. The number of aliphatic hydroxyl groups excluding tert-OH is 5. The van der Waals surface area contributed by atoms with Crippen LogP contribution in [0.4, 0.5) is 47.3 Å². The second kappa shape index (κ2) is 23.3. The third kappa shape index (κ3) is 15.7. The summed E-state index contributed by atoms with van der Waals surface area (Å²) < 4.78 is 91.3. The number of hydrogen-bond acceptors (Lipinski definition) is 11. The molecule has 1 heterocycles. The molecule has 0 radical (unpaired) electrons. The number of ether oxygens (including phenoxy) is 2. The number of alkyl halides is 6. The molecular weight excluding hydrogens is 818 g/mol. The van der Waals surface area contributed by atoms with Crippen molar-refractivity contribution < 1.29 is 80.5 Å². The summed E-state index contributed by atoms with van der Waals surface area (Å²) in [6.45, 7) is -0.675. The maximum absolute atomic E-state index is 13.3. The fourth-order valence-electron chi connectivity index (χ4n) is 5.93. The SMILES string of the molecule is CCCCCC(=O)NCCCC(=O)N[C@@H](C(O)CO)[C@@H](CNC(=O)Nc1cccc(C(F)(F)F)c1)O[C@@H]1OC(CO)[C@@H](O)[C@H](O)C1NC(=O)Nc1cccc(C(F)(F)F)c1. The normalized spacial score (nSPS) is 20.9. The number of hydrogen-bond donors (Lipinski definition) is 11. The van der Waals surface area contributed by atoms with E-state index in [4.69, 9.17) is 9.47 Å². The summed E-state index contributed by atoms with van der Waals surface area (Å²) >= 11 is 0. The van der Waals surface area contributed by atoms with Crippen LogP contribution in [0.2, 0.25) is 0 Å². The van der Waals surface area contributed by atoms with Crippen molar-refractivity contribution in [2.24, 2.45) is 0 Å². The number of halogens is 6. The average molecular weight is 869 g/mol. The number of benzene rings is 2. The minimum Gasteiger partial charge on any atom is -0.394 e. The number of unbranched alkanes of at least 4 members (excludes halogenated alkanes) is 2. The summed E-state index contributed by atoms with van der Waals surface area (Å²) in [5.74, 6) is -0.994. The van der Waals surface area contributed by atoms with E-state index in [0.29, 0.717) is 18.6 Å². The summed E-state index contributed by atoms with van der Waals surface area (Å²) in [5.41, 5.74) is -2.85. The first kappa shape index (κ1) is 49.6. The smallest absolute Gasteiger partial charge is 0.394 e. The van der Waals surface area contributed by atoms with Gasteiger partial charge in [-0.1, -0.05) is 31.9 Å². The van der Waals surface area contributed by atoms with Gasteiger partial charge in [0, 0.05) is 37.3 Å². The van der Waals surface area contributed by atoms with Crippen molar-refractivity contribution >= 4 is 35.3 Å². The van der Waals surface area contributed by atoms with Gasteiger partial charge >= 0.3 is 24.4 Å². The fraction of sp³-hybridized carbons (Fsp3) is 0.568. The van der Waals surface area contributed by atoms with Gasteiger partial charge < -0.3 is 66.9 Å². The first-order chi connectivity index (χ1) is 28.3. The third-order valence-electron chi connectivity index (χ3n) is 9.09. The molecule has 0 spiro atoms. The molecule has 0 aromatic heterocycles. The van der Waals surface area contributed by atoms with E-state index in [9.17, 15) is 71.1 Å². The molecule has 3 rings (SSSR count). The molecule has 1 fully saturated rings. The van der Waals surface area contributed by atoms with Crippen LogP contribution in [-0.2, 0) is 31.4 Å². The van der Waals surface area contributed by atoms with Crippen LogP contribution in [0.25, 0.3) is 0 Å². The lowest BCUT2D eigenvalue weighted by atomic mass is 9.96. The summed E-state index contributed by atoms with van der Waals surface area (Å²) in [6, 6.07) is 1.14. The lowest BCUT2D eigenvalue weighted by Crippen LogP contribution is -2.67. The maximum atomic E-state index is 13.3. The van der Waals surface area contributed by atoms with Crippen LogP contribution in [0.1, 0.15) is 56.6 Å². The number of amides is 6. The van der Waals surface area contributed by atoms with Crippen LogP contribution in [0, 0.1) is 0 Å². The zero-order valence-corrected chi connectivity index (χ0v) is 32.3. The minimum absolute atomic E-state index is 0.0946. The van der Waals surface area contributed by atoms with Crippen molar-refractivity contribution in [1.82, 2.24) is 21.3 Å². The predicted molar refractivity (Wildman–Crippen MR) is 200 cm³/mol. The van der Waals surface area contributed by atoms with E-state index in [0.717, 1.165) is 49.2 Å². The van der Waals surface area contributed by atoms with Crippen molar-refractivity contribution in [3.63, 3.8) is 0 Å². The number of urea groups is 2. The van der Waals surface area contributed by atoms with Gasteiger partial charge in [-0.25, -0.2) is 9.59 Å². The zero-order chi connectivity index (χ0) is 44.6. The Bertz CT molecular complexity index is 1710. The molecule has 17 nitrogen and oxygen atoms in total. The second-order valence-corrected chi connectivity index (χ2v) is 13.8. The van der Waals surface area contributed by atoms with E-state index in [-0.39, 0.29) is 43.1 Å². The molecule has 8 atom stereocenters. The Balaban J connectivity index is 1.88. The number of anilines is 2. The van der Waals surface area contributed by atoms with Crippen molar-refractivity contribution in [2.45, 2.75) is 107 Å². The van der Waals surface area contributed by atoms with E-state index in [2.05, 4.69) is 31.9 Å². The van der Waals surface area contributed by atoms with Crippen LogP contribution in [0.5, 0.6) is 0 Å². The Morgan fingerprint density at radius 2 is 1.38 bits per heavy atom. The first-order valence-electron chi connectivity index (χ1n) is 18.9. The number of carbonyl (C=O) groups excluding carboxylic acids is 4. The zero-order valence-electron chi connectivity index (χ0n) is 32.3. The molecule has 0 bridgehead atoms. The molecule has 6 amide bonds. The number of nitrogens with one attached hydrogen (secondary N) is 6. The Morgan fingerprint density at radius 1 is 0.800 bits per heavy atom.